The van der Waals surface area contributed by atoms with Crippen molar-refractivity contribution in [1.82, 2.24) is 26.2 Å². The van der Waals surface area contributed by atoms with Gasteiger partial charge in [-0.15, -0.1) is 0 Å². The zero-order chi connectivity index (χ0) is 41.2. The average molecular weight is 776 g/mol. The van der Waals surface area contributed by atoms with Crippen LogP contribution in [0.2, 0.25) is 0 Å². The quantitative estimate of drug-likeness (QED) is 0.0534. The van der Waals surface area contributed by atoms with Gasteiger partial charge in [-0.1, -0.05) is 46.2 Å². The molecule has 1 aliphatic rings. The molecule has 0 bridgehead atoms. The Morgan fingerprint density at radius 1 is 0.927 bits per heavy atom. The molecule has 0 radical (unpaired) electrons. The lowest BCUT2D eigenvalue weighted by Crippen LogP contribution is -2.59. The van der Waals surface area contributed by atoms with Crippen molar-refractivity contribution in [2.24, 2.45) is 23.3 Å². The van der Waals surface area contributed by atoms with Crippen LogP contribution in [0.3, 0.4) is 0 Å². The van der Waals surface area contributed by atoms with Crippen molar-refractivity contribution in [3.05, 3.63) is 29.8 Å². The van der Waals surface area contributed by atoms with E-state index in [0.29, 0.717) is 56.8 Å². The minimum Gasteiger partial charge on any atom is -0.494 e. The zero-order valence-corrected chi connectivity index (χ0v) is 32.9. The Morgan fingerprint density at radius 3 is 2.16 bits per heavy atom. The van der Waals surface area contributed by atoms with Gasteiger partial charge in [-0.3, -0.25) is 38.5 Å². The summed E-state index contributed by atoms with van der Waals surface area (Å²) >= 11 is 0. The fourth-order valence-corrected chi connectivity index (χ4v) is 6.31. The van der Waals surface area contributed by atoms with Crippen LogP contribution in [-0.4, -0.2) is 114 Å². The molecule has 1 aromatic rings. The van der Waals surface area contributed by atoms with Crippen LogP contribution in [-0.2, 0) is 44.7 Å². The van der Waals surface area contributed by atoms with Crippen LogP contribution in [0.25, 0.3) is 0 Å². The minimum absolute atomic E-state index is 0.0391. The number of carbonyl (C=O) groups is 7. The Kier molecular flexibility index (Phi) is 19.6. The smallest absolute Gasteiger partial charge is 0.305 e. The second-order valence-electron chi connectivity index (χ2n) is 14.4. The predicted molar refractivity (Wildman–Crippen MR) is 203 cm³/mol. The number of hydrogen-bond acceptors (Lipinski definition) is 11. The first-order valence-corrected chi connectivity index (χ1v) is 19.0. The van der Waals surface area contributed by atoms with Gasteiger partial charge in [0.15, 0.2) is 0 Å². The Balaban J connectivity index is 2.26. The standard InChI is InChI=1S/C38H61N7O10/c1-7-23(5)34(38(53)43-33(22(3)4)35(40)50)44-37(52)29-11-9-17-45(29)21-30(47)27(42-36(51)28(20-31(39)48)41-24(6)46)19-25-13-15-26(16-14-25)55-18-10-12-32(49)54-8-2/h13-16,22-23,27-30,33-34,47H,7-12,17-21H2,1-6H3,(H2,39,48)(H2,40,50)(H,41,46)(H,42,51)(H,43,53)(H,44,52)/t23?,27-,28-,29-,30-,33-,34-/m0/s1. The predicted octanol–water partition coefficient (Wildman–Crippen LogP) is -0.202. The van der Waals surface area contributed by atoms with E-state index < -0.39 is 78.2 Å². The van der Waals surface area contributed by atoms with E-state index in [1.165, 1.54) is 6.92 Å². The van der Waals surface area contributed by atoms with Crippen molar-refractivity contribution in [2.75, 3.05) is 26.3 Å². The van der Waals surface area contributed by atoms with E-state index in [4.69, 9.17) is 20.9 Å². The zero-order valence-electron chi connectivity index (χ0n) is 32.9. The fourth-order valence-electron chi connectivity index (χ4n) is 6.31. The van der Waals surface area contributed by atoms with Crippen molar-refractivity contribution >= 4 is 41.4 Å². The molecule has 308 valence electrons. The summed E-state index contributed by atoms with van der Waals surface area (Å²) < 4.78 is 10.7. The van der Waals surface area contributed by atoms with Gasteiger partial charge < -0.3 is 47.3 Å². The maximum atomic E-state index is 13.8. The highest BCUT2D eigenvalue weighted by Crippen LogP contribution is 2.21. The number of β-amino-alcohol motifs (C(OH)–C–C–N with tert-alkyl or cyclic N) is 1. The Labute approximate surface area is 323 Å². The summed E-state index contributed by atoms with van der Waals surface area (Å²) in [7, 11) is 0. The lowest BCUT2D eigenvalue weighted by Gasteiger charge is -2.33. The first kappa shape index (κ1) is 46.4. The third-order valence-corrected chi connectivity index (χ3v) is 9.52. The largest absolute Gasteiger partial charge is 0.494 e. The molecule has 0 aliphatic carbocycles. The molecular weight excluding hydrogens is 714 g/mol. The van der Waals surface area contributed by atoms with E-state index in [0.717, 1.165) is 0 Å². The van der Waals surface area contributed by atoms with Crippen LogP contribution in [0.5, 0.6) is 5.75 Å². The Morgan fingerprint density at radius 2 is 1.60 bits per heavy atom. The molecule has 17 nitrogen and oxygen atoms in total. The van der Waals surface area contributed by atoms with E-state index in [2.05, 4.69) is 21.3 Å². The van der Waals surface area contributed by atoms with Gasteiger partial charge in [0.1, 0.15) is 23.9 Å². The number of aliphatic hydroxyl groups excluding tert-OH is 1. The van der Waals surface area contributed by atoms with Crippen LogP contribution < -0.4 is 37.5 Å². The van der Waals surface area contributed by atoms with E-state index in [1.807, 2.05) is 13.8 Å². The van der Waals surface area contributed by atoms with E-state index in [9.17, 15) is 38.7 Å². The summed E-state index contributed by atoms with van der Waals surface area (Å²) in [6.45, 7) is 11.2. The van der Waals surface area contributed by atoms with Crippen LogP contribution in [0, 0.1) is 11.8 Å². The van der Waals surface area contributed by atoms with Crippen molar-refractivity contribution in [1.29, 1.82) is 0 Å². The number of carbonyl (C=O) groups excluding carboxylic acids is 7. The number of esters is 1. The van der Waals surface area contributed by atoms with Gasteiger partial charge in [0, 0.05) is 19.9 Å². The number of ether oxygens (including phenoxy) is 2. The fraction of sp³-hybridized carbons (Fsp3) is 0.658. The van der Waals surface area contributed by atoms with E-state index in [1.54, 1.807) is 49.9 Å². The molecule has 1 saturated heterocycles. The van der Waals surface area contributed by atoms with Crippen LogP contribution in [0.1, 0.15) is 85.6 Å². The number of likely N-dealkylation sites (tertiary alicyclic amines) is 1. The molecule has 9 N–H and O–H groups in total. The van der Waals surface area contributed by atoms with Gasteiger partial charge in [0.25, 0.3) is 0 Å². The van der Waals surface area contributed by atoms with Crippen LogP contribution in [0.4, 0.5) is 0 Å². The maximum absolute atomic E-state index is 13.8. The third-order valence-electron chi connectivity index (χ3n) is 9.52. The molecule has 0 spiro atoms. The molecule has 7 atom stereocenters. The number of nitrogens with two attached hydrogens (primary N) is 2. The first-order valence-electron chi connectivity index (χ1n) is 19.0. The molecule has 17 heteroatoms. The molecule has 0 saturated carbocycles. The van der Waals surface area contributed by atoms with Crippen molar-refractivity contribution < 1.29 is 48.1 Å². The van der Waals surface area contributed by atoms with Crippen LogP contribution >= 0.6 is 0 Å². The normalized spacial score (nSPS) is 17.5. The summed E-state index contributed by atoms with van der Waals surface area (Å²) in [4.78, 5) is 89.5. The molecule has 1 aliphatic heterocycles. The van der Waals surface area contributed by atoms with Gasteiger partial charge in [-0.05, 0) is 68.7 Å². The summed E-state index contributed by atoms with van der Waals surface area (Å²) in [6.07, 6.45) is 0.755. The summed E-state index contributed by atoms with van der Waals surface area (Å²) in [6, 6.07) is 2.16. The lowest BCUT2D eigenvalue weighted by molar-refractivity contribution is -0.143. The highest BCUT2D eigenvalue weighted by Gasteiger charge is 2.38. The molecule has 1 aromatic carbocycles. The van der Waals surface area contributed by atoms with Crippen molar-refractivity contribution in [3.8, 4) is 5.75 Å². The monoisotopic (exact) mass is 775 g/mol. The Hall–Kier alpha value is -4.77. The van der Waals surface area contributed by atoms with Gasteiger partial charge in [0.05, 0.1) is 37.8 Å². The van der Waals surface area contributed by atoms with Gasteiger partial charge in [-0.25, -0.2) is 0 Å². The van der Waals surface area contributed by atoms with Crippen molar-refractivity contribution in [3.63, 3.8) is 0 Å². The topological polar surface area (TPSA) is 262 Å². The molecule has 1 unspecified atom stereocenters. The minimum atomic E-state index is -1.28. The van der Waals surface area contributed by atoms with Crippen LogP contribution in [0.15, 0.2) is 24.3 Å². The molecule has 6 amide bonds. The summed E-state index contributed by atoms with van der Waals surface area (Å²) in [5.41, 5.74) is 11.6. The molecule has 1 heterocycles. The molecular formula is C38H61N7O10. The molecule has 2 rings (SSSR count). The summed E-state index contributed by atoms with van der Waals surface area (Å²) in [5, 5.41) is 22.4. The van der Waals surface area contributed by atoms with Gasteiger partial charge in [0.2, 0.25) is 35.4 Å². The number of rotatable bonds is 24. The number of benzene rings is 1. The van der Waals surface area contributed by atoms with Gasteiger partial charge in [-0.2, -0.15) is 0 Å². The lowest BCUT2D eigenvalue weighted by atomic mass is 9.96. The summed E-state index contributed by atoms with van der Waals surface area (Å²) in [5.74, 6) is -4.01. The van der Waals surface area contributed by atoms with E-state index in [-0.39, 0.29) is 37.2 Å². The maximum Gasteiger partial charge on any atom is 0.305 e. The first-order chi connectivity index (χ1) is 26.0. The number of hydrogen-bond donors (Lipinski definition) is 7. The second-order valence-corrected chi connectivity index (χ2v) is 14.4. The highest BCUT2D eigenvalue weighted by atomic mass is 16.5. The molecule has 0 aromatic heterocycles. The number of amides is 6. The SMILES string of the molecule is CCOC(=O)CCCOc1ccc(C[C@H](NC(=O)[C@H](CC(N)=O)NC(C)=O)[C@@H](O)CN2CCC[C@H]2C(=O)N[C@H](C(=O)N[C@H](C(N)=O)C(C)C)C(C)CC)cc1. The number of nitrogens with zero attached hydrogens (tertiary/aromatic N) is 1. The average Bonchev–Trinajstić information content (AvgIpc) is 3.58. The van der Waals surface area contributed by atoms with Crippen molar-refractivity contribution in [2.45, 2.75) is 123 Å². The third kappa shape index (κ3) is 15.9. The Bertz CT molecular complexity index is 1440. The second kappa shape index (κ2) is 23.2. The highest BCUT2D eigenvalue weighted by molar-refractivity contribution is 5.93. The number of nitrogens with one attached hydrogen (secondary N) is 4. The molecule has 55 heavy (non-hydrogen) atoms. The number of primary amides is 2. The van der Waals surface area contributed by atoms with E-state index >= 15 is 0 Å². The number of aliphatic hydroxyl groups is 1. The van der Waals surface area contributed by atoms with Gasteiger partial charge >= 0.3 is 5.97 Å². The molecule has 1 fully saturated rings.